The Balaban J connectivity index is 1.67. The SMILES string of the molecule is CC(=O)NCc1nnc2n1C(C(=O)NC1CCCCCC1)CC2. The zero-order valence-corrected chi connectivity index (χ0v) is 13.7. The lowest BCUT2D eigenvalue weighted by Crippen LogP contribution is -2.39. The smallest absolute Gasteiger partial charge is 0.243 e. The summed E-state index contributed by atoms with van der Waals surface area (Å²) in [6.45, 7) is 1.78. The summed E-state index contributed by atoms with van der Waals surface area (Å²) < 4.78 is 1.90. The van der Waals surface area contributed by atoms with Gasteiger partial charge in [0, 0.05) is 19.4 Å². The number of carbonyl (C=O) groups is 2. The molecule has 7 nitrogen and oxygen atoms in total. The third-order valence-electron chi connectivity index (χ3n) is 4.79. The molecular weight excluding hydrogens is 294 g/mol. The first kappa shape index (κ1) is 16.0. The molecule has 0 aromatic carbocycles. The standard InChI is InChI=1S/C16H25N5O2/c1-11(22)17-10-15-20-19-14-9-8-13(21(14)15)16(23)18-12-6-4-2-3-5-7-12/h12-13H,2-10H2,1H3,(H,17,22)(H,18,23). The van der Waals surface area contributed by atoms with Crippen molar-refractivity contribution in [2.24, 2.45) is 0 Å². The van der Waals surface area contributed by atoms with E-state index in [1.54, 1.807) is 0 Å². The molecule has 1 saturated carbocycles. The second-order valence-corrected chi connectivity index (χ2v) is 6.56. The van der Waals surface area contributed by atoms with Crippen molar-refractivity contribution in [2.75, 3.05) is 0 Å². The highest BCUT2D eigenvalue weighted by molar-refractivity contribution is 5.81. The summed E-state index contributed by atoms with van der Waals surface area (Å²) in [5.41, 5.74) is 0. The summed E-state index contributed by atoms with van der Waals surface area (Å²) in [7, 11) is 0. The van der Waals surface area contributed by atoms with Crippen molar-refractivity contribution in [3.05, 3.63) is 11.6 Å². The molecule has 1 unspecified atom stereocenters. The van der Waals surface area contributed by atoms with Crippen LogP contribution >= 0.6 is 0 Å². The molecule has 2 N–H and O–H groups in total. The lowest BCUT2D eigenvalue weighted by molar-refractivity contribution is -0.125. The number of aryl methyl sites for hydroxylation is 1. The zero-order valence-electron chi connectivity index (χ0n) is 13.7. The van der Waals surface area contributed by atoms with Crippen LogP contribution in [0.25, 0.3) is 0 Å². The van der Waals surface area contributed by atoms with Gasteiger partial charge in [-0.25, -0.2) is 0 Å². The molecule has 2 heterocycles. The number of hydrogen-bond donors (Lipinski definition) is 2. The van der Waals surface area contributed by atoms with Crippen LogP contribution in [0.1, 0.15) is 69.6 Å². The summed E-state index contributed by atoms with van der Waals surface area (Å²) in [5.74, 6) is 1.46. The molecule has 1 aromatic rings. The number of rotatable bonds is 4. The number of amides is 2. The number of nitrogens with one attached hydrogen (secondary N) is 2. The number of nitrogens with zero attached hydrogens (tertiary/aromatic N) is 3. The molecule has 1 aliphatic heterocycles. The fraction of sp³-hybridized carbons (Fsp3) is 0.750. The van der Waals surface area contributed by atoms with Gasteiger partial charge in [0.25, 0.3) is 0 Å². The maximum Gasteiger partial charge on any atom is 0.243 e. The Morgan fingerprint density at radius 3 is 2.57 bits per heavy atom. The van der Waals surface area contributed by atoms with Crippen molar-refractivity contribution in [2.45, 2.75) is 76.9 Å². The van der Waals surface area contributed by atoms with E-state index in [1.165, 1.54) is 32.6 Å². The molecule has 0 radical (unpaired) electrons. The van der Waals surface area contributed by atoms with E-state index in [9.17, 15) is 9.59 Å². The first-order valence-corrected chi connectivity index (χ1v) is 8.62. The summed E-state index contributed by atoms with van der Waals surface area (Å²) in [5, 5.41) is 14.2. The summed E-state index contributed by atoms with van der Waals surface area (Å²) >= 11 is 0. The van der Waals surface area contributed by atoms with E-state index >= 15 is 0 Å². The third-order valence-corrected chi connectivity index (χ3v) is 4.79. The van der Waals surface area contributed by atoms with Crippen molar-refractivity contribution in [1.82, 2.24) is 25.4 Å². The molecular formula is C16H25N5O2. The van der Waals surface area contributed by atoms with Crippen molar-refractivity contribution in [3.8, 4) is 0 Å². The van der Waals surface area contributed by atoms with Gasteiger partial charge in [-0.05, 0) is 19.3 Å². The van der Waals surface area contributed by atoms with Crippen LogP contribution in [0.2, 0.25) is 0 Å². The Kier molecular flexibility index (Phi) is 4.93. The van der Waals surface area contributed by atoms with Gasteiger partial charge in [0.2, 0.25) is 11.8 Å². The van der Waals surface area contributed by atoms with Crippen LogP contribution in [0.5, 0.6) is 0 Å². The number of hydrogen-bond acceptors (Lipinski definition) is 4. The van der Waals surface area contributed by atoms with Crippen LogP contribution in [0.15, 0.2) is 0 Å². The van der Waals surface area contributed by atoms with Gasteiger partial charge in [-0.2, -0.15) is 0 Å². The minimum Gasteiger partial charge on any atom is -0.352 e. The van der Waals surface area contributed by atoms with Crippen molar-refractivity contribution in [1.29, 1.82) is 0 Å². The Labute approximate surface area is 136 Å². The largest absolute Gasteiger partial charge is 0.352 e. The fourth-order valence-corrected chi connectivity index (χ4v) is 3.58. The minimum absolute atomic E-state index is 0.0690. The molecule has 0 saturated heterocycles. The summed E-state index contributed by atoms with van der Waals surface area (Å²) in [4.78, 5) is 23.8. The lowest BCUT2D eigenvalue weighted by atomic mass is 10.1. The molecule has 23 heavy (non-hydrogen) atoms. The molecule has 7 heteroatoms. The highest BCUT2D eigenvalue weighted by atomic mass is 16.2. The van der Waals surface area contributed by atoms with Crippen LogP contribution < -0.4 is 10.6 Å². The quantitative estimate of drug-likeness (QED) is 0.817. The molecule has 1 fully saturated rings. The van der Waals surface area contributed by atoms with Crippen molar-refractivity contribution < 1.29 is 9.59 Å². The lowest BCUT2D eigenvalue weighted by Gasteiger charge is -2.21. The van der Waals surface area contributed by atoms with Gasteiger partial charge in [-0.1, -0.05) is 25.7 Å². The maximum absolute atomic E-state index is 12.7. The highest BCUT2D eigenvalue weighted by Crippen LogP contribution is 2.27. The van der Waals surface area contributed by atoms with Crippen LogP contribution in [-0.2, 0) is 22.6 Å². The van der Waals surface area contributed by atoms with Gasteiger partial charge in [0.1, 0.15) is 11.9 Å². The third kappa shape index (κ3) is 3.71. The van der Waals surface area contributed by atoms with E-state index in [-0.39, 0.29) is 17.9 Å². The summed E-state index contributed by atoms with van der Waals surface area (Å²) in [6.07, 6.45) is 8.60. The van der Waals surface area contributed by atoms with Gasteiger partial charge in [0.15, 0.2) is 5.82 Å². The molecule has 1 atom stereocenters. The highest BCUT2D eigenvalue weighted by Gasteiger charge is 2.33. The Morgan fingerprint density at radius 2 is 1.87 bits per heavy atom. The van der Waals surface area contributed by atoms with Crippen LogP contribution in [0.4, 0.5) is 0 Å². The number of fused-ring (bicyclic) bond motifs is 1. The van der Waals surface area contributed by atoms with Crippen LogP contribution in [0.3, 0.4) is 0 Å². The first-order chi connectivity index (χ1) is 11.1. The van der Waals surface area contributed by atoms with Crippen LogP contribution in [0, 0.1) is 0 Å². The Bertz CT molecular complexity index is 575. The summed E-state index contributed by atoms with van der Waals surface area (Å²) in [6, 6.07) is 0.0522. The normalized spacial score (nSPS) is 21.5. The zero-order chi connectivity index (χ0) is 16.2. The van der Waals surface area contributed by atoms with E-state index in [0.29, 0.717) is 18.4 Å². The van der Waals surface area contributed by atoms with Crippen LogP contribution in [-0.4, -0.2) is 32.6 Å². The first-order valence-electron chi connectivity index (χ1n) is 8.62. The second-order valence-electron chi connectivity index (χ2n) is 6.56. The second kappa shape index (κ2) is 7.10. The van der Waals surface area contributed by atoms with Gasteiger partial charge in [-0.3, -0.25) is 9.59 Å². The van der Waals surface area contributed by atoms with E-state index in [2.05, 4.69) is 20.8 Å². The molecule has 3 rings (SSSR count). The molecule has 126 valence electrons. The van der Waals surface area contributed by atoms with Crippen molar-refractivity contribution >= 4 is 11.8 Å². The Hall–Kier alpha value is -1.92. The van der Waals surface area contributed by atoms with Crippen molar-refractivity contribution in [3.63, 3.8) is 0 Å². The van der Waals surface area contributed by atoms with E-state index in [1.807, 2.05) is 4.57 Å². The van der Waals surface area contributed by atoms with E-state index < -0.39 is 0 Å². The molecule has 2 aliphatic rings. The predicted octanol–water partition coefficient (Wildman–Crippen LogP) is 1.24. The minimum atomic E-state index is -0.244. The molecule has 1 aromatic heterocycles. The monoisotopic (exact) mass is 319 g/mol. The molecule has 2 amide bonds. The van der Waals surface area contributed by atoms with Gasteiger partial charge >= 0.3 is 0 Å². The van der Waals surface area contributed by atoms with Gasteiger partial charge < -0.3 is 15.2 Å². The fourth-order valence-electron chi connectivity index (χ4n) is 3.58. The van der Waals surface area contributed by atoms with E-state index in [4.69, 9.17) is 0 Å². The number of aromatic nitrogens is 3. The maximum atomic E-state index is 12.7. The van der Waals surface area contributed by atoms with Gasteiger partial charge in [-0.15, -0.1) is 10.2 Å². The van der Waals surface area contributed by atoms with Gasteiger partial charge in [0.05, 0.1) is 6.54 Å². The average Bonchev–Trinajstić information content (AvgIpc) is 3.01. The molecule has 1 aliphatic carbocycles. The molecule has 0 bridgehead atoms. The Morgan fingerprint density at radius 1 is 1.13 bits per heavy atom. The topological polar surface area (TPSA) is 88.9 Å². The van der Waals surface area contributed by atoms with E-state index in [0.717, 1.165) is 31.5 Å². The molecule has 0 spiro atoms. The average molecular weight is 319 g/mol. The number of carbonyl (C=O) groups excluding carboxylic acids is 2. The predicted molar refractivity (Wildman–Crippen MR) is 84.5 cm³/mol.